The minimum atomic E-state index is -4.36. The number of thiazole rings is 1. The van der Waals surface area contributed by atoms with E-state index in [1.807, 2.05) is 6.07 Å². The Morgan fingerprint density at radius 1 is 1.19 bits per heavy atom. The van der Waals surface area contributed by atoms with Crippen LogP contribution in [0, 0.1) is 0 Å². The second-order valence-corrected chi connectivity index (χ2v) is 6.64. The minimum Gasteiger partial charge on any atom is -0.497 e. The van der Waals surface area contributed by atoms with E-state index in [1.54, 1.807) is 31.4 Å². The number of hydrogen-bond donors (Lipinski definition) is 1. The van der Waals surface area contributed by atoms with Crippen LogP contribution in [0.3, 0.4) is 0 Å². The molecule has 0 aliphatic rings. The molecule has 1 aromatic heterocycles. The highest BCUT2D eigenvalue weighted by atomic mass is 32.1. The van der Waals surface area contributed by atoms with Crippen LogP contribution < -0.4 is 10.1 Å². The fraction of sp³-hybridized carbons (Fsp3) is 0.222. The number of halogens is 3. The van der Waals surface area contributed by atoms with Crippen LogP contribution in [0.2, 0.25) is 0 Å². The lowest BCUT2D eigenvalue weighted by atomic mass is 10.1. The third kappa shape index (κ3) is 5.18. The summed E-state index contributed by atoms with van der Waals surface area (Å²) in [5, 5.41) is 3.16. The van der Waals surface area contributed by atoms with E-state index in [4.69, 9.17) is 4.74 Å². The van der Waals surface area contributed by atoms with Crippen molar-refractivity contribution in [2.24, 2.45) is 0 Å². The molecule has 1 N–H and O–H groups in total. The van der Waals surface area contributed by atoms with Gasteiger partial charge in [-0.1, -0.05) is 23.5 Å². The number of ether oxygens (including phenoxy) is 2. The largest absolute Gasteiger partial charge is 0.497 e. The van der Waals surface area contributed by atoms with E-state index in [0.717, 1.165) is 10.2 Å². The molecular weight excluding hydrogens is 381 g/mol. The quantitative estimate of drug-likeness (QED) is 0.660. The highest BCUT2D eigenvalue weighted by molar-refractivity contribution is 7.22. The summed E-state index contributed by atoms with van der Waals surface area (Å²) in [6, 6.07) is 11.6. The molecule has 0 bridgehead atoms. The summed E-state index contributed by atoms with van der Waals surface area (Å²) in [5.74, 6) is 0.344. The summed E-state index contributed by atoms with van der Waals surface area (Å²) < 4.78 is 46.8. The van der Waals surface area contributed by atoms with Crippen molar-refractivity contribution in [1.29, 1.82) is 0 Å². The number of benzene rings is 2. The van der Waals surface area contributed by atoms with E-state index in [2.05, 4.69) is 15.0 Å². The van der Waals surface area contributed by atoms with Crippen molar-refractivity contribution in [2.75, 3.05) is 19.0 Å². The van der Waals surface area contributed by atoms with E-state index in [-0.39, 0.29) is 12.5 Å². The van der Waals surface area contributed by atoms with Crippen LogP contribution in [-0.4, -0.2) is 30.8 Å². The van der Waals surface area contributed by atoms with E-state index in [1.165, 1.54) is 23.5 Å². The van der Waals surface area contributed by atoms with Crippen LogP contribution in [0.4, 0.5) is 18.3 Å². The standard InChI is InChI=1S/C18H15F3N2O3S/c1-25-13-6-7-14-15(8-13)27-17(22-14)23-16(24)12-4-2-11(3-5-12)9-26-10-18(19,20)21/h2-8H,9-10H2,1H3,(H,22,23,24). The minimum absolute atomic E-state index is 0.179. The van der Waals surface area contributed by atoms with Crippen molar-refractivity contribution in [3.63, 3.8) is 0 Å². The van der Waals surface area contributed by atoms with Gasteiger partial charge in [0.1, 0.15) is 12.4 Å². The number of amides is 1. The summed E-state index contributed by atoms with van der Waals surface area (Å²) in [6.45, 7) is -1.49. The van der Waals surface area contributed by atoms with Crippen LogP contribution in [-0.2, 0) is 11.3 Å². The van der Waals surface area contributed by atoms with E-state index >= 15 is 0 Å². The maximum absolute atomic E-state index is 12.3. The molecule has 0 spiro atoms. The Kier molecular flexibility index (Phi) is 5.62. The Balaban J connectivity index is 1.62. The number of carbonyl (C=O) groups excluding carboxylic acids is 1. The van der Waals surface area contributed by atoms with Gasteiger partial charge in [-0.05, 0) is 35.9 Å². The molecule has 0 aliphatic heterocycles. The molecule has 0 aliphatic carbocycles. The van der Waals surface area contributed by atoms with Gasteiger partial charge in [-0.15, -0.1) is 0 Å². The first-order valence-electron chi connectivity index (χ1n) is 7.83. The zero-order chi connectivity index (χ0) is 19.4. The van der Waals surface area contributed by atoms with E-state index < -0.39 is 12.8 Å². The molecule has 3 rings (SSSR count). The monoisotopic (exact) mass is 396 g/mol. The summed E-state index contributed by atoms with van der Waals surface area (Å²) in [7, 11) is 1.57. The normalized spacial score (nSPS) is 11.6. The second-order valence-electron chi connectivity index (χ2n) is 5.61. The Bertz CT molecular complexity index is 939. The smallest absolute Gasteiger partial charge is 0.411 e. The lowest BCUT2D eigenvalue weighted by molar-refractivity contribution is -0.176. The first-order chi connectivity index (χ1) is 12.8. The lowest BCUT2D eigenvalue weighted by Gasteiger charge is -2.08. The molecular formula is C18H15F3N2O3S. The summed E-state index contributed by atoms with van der Waals surface area (Å²) in [6.07, 6.45) is -4.36. The molecule has 0 fully saturated rings. The third-order valence-corrected chi connectivity index (χ3v) is 4.50. The van der Waals surface area contributed by atoms with Crippen LogP contribution in [0.5, 0.6) is 5.75 Å². The fourth-order valence-electron chi connectivity index (χ4n) is 2.29. The van der Waals surface area contributed by atoms with Crippen LogP contribution in [0.1, 0.15) is 15.9 Å². The Hall–Kier alpha value is -2.65. The van der Waals surface area contributed by atoms with Gasteiger partial charge in [0.2, 0.25) is 0 Å². The number of carbonyl (C=O) groups is 1. The topological polar surface area (TPSA) is 60.5 Å². The maximum Gasteiger partial charge on any atom is 0.411 e. The zero-order valence-electron chi connectivity index (χ0n) is 14.2. The summed E-state index contributed by atoms with van der Waals surface area (Å²) >= 11 is 1.32. The van der Waals surface area contributed by atoms with Crippen LogP contribution >= 0.6 is 11.3 Å². The number of rotatable bonds is 6. The summed E-state index contributed by atoms with van der Waals surface area (Å²) in [5.41, 5.74) is 1.66. The number of alkyl halides is 3. The predicted octanol–water partition coefficient (Wildman–Crippen LogP) is 4.64. The highest BCUT2D eigenvalue weighted by Gasteiger charge is 2.27. The Morgan fingerprint density at radius 3 is 2.59 bits per heavy atom. The first kappa shape index (κ1) is 19.1. The SMILES string of the molecule is COc1ccc2nc(NC(=O)c3ccc(COCC(F)(F)F)cc3)sc2c1. The predicted molar refractivity (Wildman–Crippen MR) is 96.3 cm³/mol. The maximum atomic E-state index is 12.3. The van der Waals surface area contributed by atoms with Gasteiger partial charge in [0.15, 0.2) is 5.13 Å². The first-order valence-corrected chi connectivity index (χ1v) is 8.65. The average Bonchev–Trinajstić information content (AvgIpc) is 3.02. The fourth-order valence-corrected chi connectivity index (χ4v) is 3.18. The number of hydrogen-bond acceptors (Lipinski definition) is 5. The van der Waals surface area contributed by atoms with Crippen molar-refractivity contribution >= 4 is 32.6 Å². The number of methoxy groups -OCH3 is 1. The van der Waals surface area contributed by atoms with E-state index in [9.17, 15) is 18.0 Å². The molecule has 2 aromatic carbocycles. The molecule has 9 heteroatoms. The van der Waals surface area contributed by atoms with Crippen molar-refractivity contribution in [3.05, 3.63) is 53.6 Å². The summed E-state index contributed by atoms with van der Waals surface area (Å²) in [4.78, 5) is 16.7. The lowest BCUT2D eigenvalue weighted by Crippen LogP contribution is -2.16. The van der Waals surface area contributed by atoms with Gasteiger partial charge in [-0.2, -0.15) is 13.2 Å². The molecule has 5 nitrogen and oxygen atoms in total. The van der Waals surface area contributed by atoms with Gasteiger partial charge in [0.05, 0.1) is 23.9 Å². The van der Waals surface area contributed by atoms with Gasteiger partial charge >= 0.3 is 6.18 Å². The molecule has 27 heavy (non-hydrogen) atoms. The van der Waals surface area contributed by atoms with Gasteiger partial charge < -0.3 is 9.47 Å². The molecule has 0 saturated heterocycles. The zero-order valence-corrected chi connectivity index (χ0v) is 15.0. The van der Waals surface area contributed by atoms with Crippen LogP contribution in [0.15, 0.2) is 42.5 Å². The number of fused-ring (bicyclic) bond motifs is 1. The Labute approximate surface area is 156 Å². The number of anilines is 1. The molecule has 142 valence electrons. The van der Waals surface area contributed by atoms with Crippen LogP contribution in [0.25, 0.3) is 10.2 Å². The molecule has 0 saturated carbocycles. The second kappa shape index (κ2) is 7.93. The van der Waals surface area contributed by atoms with Crippen molar-refractivity contribution in [3.8, 4) is 5.75 Å². The van der Waals surface area contributed by atoms with Crippen molar-refractivity contribution < 1.29 is 27.4 Å². The molecule has 3 aromatic rings. The van der Waals surface area contributed by atoms with E-state index in [0.29, 0.717) is 22.0 Å². The molecule has 1 heterocycles. The van der Waals surface area contributed by atoms with Gasteiger partial charge in [0.25, 0.3) is 5.91 Å². The van der Waals surface area contributed by atoms with Gasteiger partial charge in [-0.3, -0.25) is 10.1 Å². The molecule has 0 unspecified atom stereocenters. The molecule has 0 radical (unpaired) electrons. The van der Waals surface area contributed by atoms with Gasteiger partial charge in [-0.25, -0.2) is 4.98 Å². The Morgan fingerprint density at radius 2 is 1.93 bits per heavy atom. The molecule has 1 amide bonds. The molecule has 0 atom stereocenters. The third-order valence-electron chi connectivity index (χ3n) is 3.57. The average molecular weight is 396 g/mol. The van der Waals surface area contributed by atoms with Crippen molar-refractivity contribution in [2.45, 2.75) is 12.8 Å². The number of nitrogens with one attached hydrogen (secondary N) is 1. The highest BCUT2D eigenvalue weighted by Crippen LogP contribution is 2.29. The number of nitrogens with zero attached hydrogens (tertiary/aromatic N) is 1. The van der Waals surface area contributed by atoms with Gasteiger partial charge in [0, 0.05) is 5.56 Å². The number of aromatic nitrogens is 1. The van der Waals surface area contributed by atoms with Crippen molar-refractivity contribution in [1.82, 2.24) is 4.98 Å².